The van der Waals surface area contributed by atoms with Crippen LogP contribution in [-0.2, 0) is 6.18 Å². The zero-order chi connectivity index (χ0) is 14.9. The third-order valence-corrected chi connectivity index (χ3v) is 3.72. The number of hydrogen-bond donors (Lipinski definition) is 1. The van der Waals surface area contributed by atoms with Crippen molar-refractivity contribution in [2.75, 3.05) is 13.1 Å². The van der Waals surface area contributed by atoms with Crippen LogP contribution in [0.2, 0.25) is 0 Å². The molecule has 0 radical (unpaired) electrons. The van der Waals surface area contributed by atoms with E-state index in [-0.39, 0.29) is 23.4 Å². The van der Waals surface area contributed by atoms with Gasteiger partial charge in [-0.3, -0.25) is 4.79 Å². The van der Waals surface area contributed by atoms with E-state index in [1.165, 1.54) is 12.1 Å². The number of hydrogen-bond acceptors (Lipinski definition) is 2. The van der Waals surface area contributed by atoms with E-state index in [1.807, 2.05) is 6.92 Å². The molecule has 0 bridgehead atoms. The van der Waals surface area contributed by atoms with Crippen LogP contribution in [0.4, 0.5) is 13.2 Å². The molecule has 3 nitrogen and oxygen atoms in total. The van der Waals surface area contributed by atoms with Gasteiger partial charge in [-0.05, 0) is 36.6 Å². The number of halogens is 3. The first-order valence-electron chi connectivity index (χ1n) is 6.51. The highest BCUT2D eigenvalue weighted by Gasteiger charge is 2.31. The van der Waals surface area contributed by atoms with Crippen molar-refractivity contribution in [1.29, 1.82) is 0 Å². The van der Waals surface area contributed by atoms with Gasteiger partial charge < -0.3 is 10.6 Å². The van der Waals surface area contributed by atoms with Gasteiger partial charge in [0.15, 0.2) is 0 Å². The predicted molar refractivity (Wildman–Crippen MR) is 69.1 cm³/mol. The molecule has 110 valence electrons. The van der Waals surface area contributed by atoms with Crippen molar-refractivity contribution in [3.05, 3.63) is 35.4 Å². The van der Waals surface area contributed by atoms with Gasteiger partial charge in [0.05, 0.1) is 5.56 Å². The van der Waals surface area contributed by atoms with Crippen LogP contribution in [0.15, 0.2) is 24.3 Å². The van der Waals surface area contributed by atoms with E-state index in [9.17, 15) is 18.0 Å². The number of alkyl halides is 3. The minimum atomic E-state index is -4.38. The molecule has 1 heterocycles. The van der Waals surface area contributed by atoms with Crippen LogP contribution >= 0.6 is 0 Å². The Morgan fingerprint density at radius 2 is 1.90 bits per heavy atom. The van der Waals surface area contributed by atoms with E-state index in [4.69, 9.17) is 5.73 Å². The molecule has 6 heteroatoms. The first kappa shape index (κ1) is 14.8. The largest absolute Gasteiger partial charge is 0.416 e. The summed E-state index contributed by atoms with van der Waals surface area (Å²) in [6.07, 6.45) is -3.67. The van der Waals surface area contributed by atoms with Crippen LogP contribution in [0.1, 0.15) is 29.3 Å². The third kappa shape index (κ3) is 3.12. The second kappa shape index (κ2) is 5.44. The Bertz CT molecular complexity index is 484. The first-order chi connectivity index (χ1) is 9.29. The molecule has 1 saturated heterocycles. The van der Waals surface area contributed by atoms with Crippen molar-refractivity contribution in [2.45, 2.75) is 25.6 Å². The van der Waals surface area contributed by atoms with Crippen LogP contribution in [0.25, 0.3) is 0 Å². The summed E-state index contributed by atoms with van der Waals surface area (Å²) in [7, 11) is 0. The summed E-state index contributed by atoms with van der Waals surface area (Å²) >= 11 is 0. The van der Waals surface area contributed by atoms with Gasteiger partial charge in [0, 0.05) is 24.7 Å². The number of nitrogens with zero attached hydrogens (tertiary/aromatic N) is 1. The van der Waals surface area contributed by atoms with E-state index in [1.54, 1.807) is 4.90 Å². The topological polar surface area (TPSA) is 46.3 Å². The second-order valence-corrected chi connectivity index (χ2v) is 5.26. The highest BCUT2D eigenvalue weighted by atomic mass is 19.4. The standard InChI is InChI=1S/C14H17F3N2O/c1-9-8-19(7-6-12(9)18)13(20)10-2-4-11(5-3-10)14(15,16)17/h2-5,9,12H,6-8,18H2,1H3. The molecular formula is C14H17F3N2O. The zero-order valence-electron chi connectivity index (χ0n) is 11.2. The van der Waals surface area contributed by atoms with Gasteiger partial charge >= 0.3 is 6.18 Å². The summed E-state index contributed by atoms with van der Waals surface area (Å²) in [6, 6.07) is 4.40. The lowest BCUT2D eigenvalue weighted by Gasteiger charge is -2.35. The summed E-state index contributed by atoms with van der Waals surface area (Å²) in [5.41, 5.74) is 5.42. The summed E-state index contributed by atoms with van der Waals surface area (Å²) in [5, 5.41) is 0. The molecule has 2 N–H and O–H groups in total. The number of carbonyl (C=O) groups excluding carboxylic acids is 1. The molecular weight excluding hydrogens is 269 g/mol. The van der Waals surface area contributed by atoms with Gasteiger partial charge in [0.1, 0.15) is 0 Å². The fraction of sp³-hybridized carbons (Fsp3) is 0.500. The second-order valence-electron chi connectivity index (χ2n) is 5.26. The Kier molecular flexibility index (Phi) is 4.04. The smallest absolute Gasteiger partial charge is 0.338 e. The Morgan fingerprint density at radius 1 is 1.30 bits per heavy atom. The molecule has 1 aliphatic heterocycles. The molecule has 1 aliphatic rings. The van der Waals surface area contributed by atoms with E-state index in [0.29, 0.717) is 19.5 Å². The Morgan fingerprint density at radius 3 is 2.40 bits per heavy atom. The fourth-order valence-electron chi connectivity index (χ4n) is 2.33. The Balaban J connectivity index is 2.10. The van der Waals surface area contributed by atoms with Gasteiger partial charge in [-0.2, -0.15) is 13.2 Å². The van der Waals surface area contributed by atoms with Crippen LogP contribution in [-0.4, -0.2) is 29.9 Å². The molecule has 2 rings (SSSR count). The average Bonchev–Trinajstić information content (AvgIpc) is 2.40. The van der Waals surface area contributed by atoms with E-state index < -0.39 is 11.7 Å². The van der Waals surface area contributed by atoms with E-state index in [0.717, 1.165) is 12.1 Å². The number of likely N-dealkylation sites (tertiary alicyclic amines) is 1. The summed E-state index contributed by atoms with van der Waals surface area (Å²) in [6.45, 7) is 3.06. The van der Waals surface area contributed by atoms with Crippen LogP contribution in [0.5, 0.6) is 0 Å². The zero-order valence-corrected chi connectivity index (χ0v) is 11.2. The first-order valence-corrected chi connectivity index (χ1v) is 6.51. The van der Waals surface area contributed by atoms with Crippen LogP contribution in [0, 0.1) is 5.92 Å². The van der Waals surface area contributed by atoms with Crippen molar-refractivity contribution in [2.24, 2.45) is 11.7 Å². The van der Waals surface area contributed by atoms with Crippen molar-refractivity contribution in [3.8, 4) is 0 Å². The quantitative estimate of drug-likeness (QED) is 0.862. The summed E-state index contributed by atoms with van der Waals surface area (Å²) < 4.78 is 37.4. The van der Waals surface area contributed by atoms with Crippen molar-refractivity contribution in [3.63, 3.8) is 0 Å². The predicted octanol–water partition coefficient (Wildman–Crippen LogP) is 2.51. The molecule has 1 aromatic carbocycles. The highest BCUT2D eigenvalue weighted by Crippen LogP contribution is 2.29. The molecule has 0 aromatic heterocycles. The normalized spacial score (nSPS) is 23.8. The van der Waals surface area contributed by atoms with Gasteiger partial charge in [-0.25, -0.2) is 0 Å². The highest BCUT2D eigenvalue weighted by molar-refractivity contribution is 5.94. The number of nitrogens with two attached hydrogens (primary N) is 1. The van der Waals surface area contributed by atoms with E-state index >= 15 is 0 Å². The Hall–Kier alpha value is -1.56. The SMILES string of the molecule is CC1CN(C(=O)c2ccc(C(F)(F)F)cc2)CCC1N. The van der Waals surface area contributed by atoms with E-state index in [2.05, 4.69) is 0 Å². The number of rotatable bonds is 1. The lowest BCUT2D eigenvalue weighted by Crippen LogP contribution is -2.48. The minimum Gasteiger partial charge on any atom is -0.338 e. The maximum absolute atomic E-state index is 12.5. The lowest BCUT2D eigenvalue weighted by atomic mass is 9.94. The lowest BCUT2D eigenvalue weighted by molar-refractivity contribution is -0.137. The Labute approximate surface area is 115 Å². The summed E-state index contributed by atoms with van der Waals surface area (Å²) in [5.74, 6) is -0.0420. The third-order valence-electron chi connectivity index (χ3n) is 3.72. The maximum atomic E-state index is 12.5. The maximum Gasteiger partial charge on any atom is 0.416 e. The van der Waals surface area contributed by atoms with Gasteiger partial charge in [-0.1, -0.05) is 6.92 Å². The van der Waals surface area contributed by atoms with Gasteiger partial charge in [0.2, 0.25) is 0 Å². The number of carbonyl (C=O) groups is 1. The fourth-order valence-corrected chi connectivity index (χ4v) is 2.33. The number of amides is 1. The molecule has 2 atom stereocenters. The molecule has 0 saturated carbocycles. The van der Waals surface area contributed by atoms with Gasteiger partial charge in [0.25, 0.3) is 5.91 Å². The molecule has 2 unspecified atom stereocenters. The van der Waals surface area contributed by atoms with Crippen molar-refractivity contribution >= 4 is 5.91 Å². The molecule has 0 aliphatic carbocycles. The van der Waals surface area contributed by atoms with Gasteiger partial charge in [-0.15, -0.1) is 0 Å². The van der Waals surface area contributed by atoms with Crippen LogP contribution < -0.4 is 5.73 Å². The molecule has 1 amide bonds. The number of benzene rings is 1. The molecule has 1 aromatic rings. The van der Waals surface area contributed by atoms with Crippen molar-refractivity contribution in [1.82, 2.24) is 4.90 Å². The number of piperidine rings is 1. The molecule has 1 fully saturated rings. The summed E-state index contributed by atoms with van der Waals surface area (Å²) in [4.78, 5) is 13.9. The monoisotopic (exact) mass is 286 g/mol. The average molecular weight is 286 g/mol. The van der Waals surface area contributed by atoms with Crippen molar-refractivity contribution < 1.29 is 18.0 Å². The van der Waals surface area contributed by atoms with Crippen LogP contribution in [0.3, 0.4) is 0 Å². The molecule has 0 spiro atoms. The molecule has 20 heavy (non-hydrogen) atoms. The minimum absolute atomic E-state index is 0.0756.